The first-order valence-electron chi connectivity index (χ1n) is 7.07. The van der Waals surface area contributed by atoms with Crippen LogP contribution in [0.5, 0.6) is 0 Å². The van der Waals surface area contributed by atoms with Crippen molar-refractivity contribution >= 4 is 0 Å². The van der Waals surface area contributed by atoms with Gasteiger partial charge in [0.25, 0.3) is 0 Å². The van der Waals surface area contributed by atoms with Gasteiger partial charge in [0.1, 0.15) is 0 Å². The van der Waals surface area contributed by atoms with E-state index in [0.717, 1.165) is 32.0 Å². The van der Waals surface area contributed by atoms with E-state index >= 15 is 0 Å². The van der Waals surface area contributed by atoms with Crippen LogP contribution in [0.25, 0.3) is 0 Å². The Kier molecular flexibility index (Phi) is 6.37. The molecular weight excluding hydrogens is 198 g/mol. The lowest BCUT2D eigenvalue weighted by atomic mass is 9.74. The van der Waals surface area contributed by atoms with Gasteiger partial charge in [-0.25, -0.2) is 0 Å². The lowest BCUT2D eigenvalue weighted by molar-refractivity contribution is 0.128. The second kappa shape index (κ2) is 7.29. The minimum atomic E-state index is 0.126. The highest BCUT2D eigenvalue weighted by Gasteiger charge is 2.30. The Morgan fingerprint density at radius 2 is 1.94 bits per heavy atom. The van der Waals surface area contributed by atoms with Crippen LogP contribution in [-0.4, -0.2) is 18.8 Å². The van der Waals surface area contributed by atoms with Gasteiger partial charge in [0.2, 0.25) is 0 Å². The van der Waals surface area contributed by atoms with Gasteiger partial charge >= 0.3 is 0 Å². The first kappa shape index (κ1) is 14.0. The third-order valence-electron chi connectivity index (χ3n) is 3.97. The smallest absolute Gasteiger partial charge is 0.0466 e. The Morgan fingerprint density at radius 1 is 1.25 bits per heavy atom. The van der Waals surface area contributed by atoms with Gasteiger partial charge < -0.3 is 10.5 Å². The van der Waals surface area contributed by atoms with Gasteiger partial charge in [-0.15, -0.1) is 0 Å². The summed E-state index contributed by atoms with van der Waals surface area (Å²) >= 11 is 0. The highest BCUT2D eigenvalue weighted by molar-refractivity contribution is 4.89. The molecule has 1 aliphatic rings. The van der Waals surface area contributed by atoms with E-state index in [4.69, 9.17) is 10.5 Å². The maximum atomic E-state index is 6.44. The summed E-state index contributed by atoms with van der Waals surface area (Å²) in [7, 11) is 0. The van der Waals surface area contributed by atoms with Gasteiger partial charge in [0.15, 0.2) is 0 Å². The summed E-state index contributed by atoms with van der Waals surface area (Å²) in [5, 5.41) is 0. The van der Waals surface area contributed by atoms with Gasteiger partial charge in [0.05, 0.1) is 0 Å². The molecule has 1 rings (SSSR count). The molecule has 96 valence electrons. The van der Waals surface area contributed by atoms with Crippen molar-refractivity contribution in [1.82, 2.24) is 0 Å². The van der Waals surface area contributed by atoms with Crippen molar-refractivity contribution in [1.29, 1.82) is 0 Å². The second-order valence-electron chi connectivity index (χ2n) is 5.39. The van der Waals surface area contributed by atoms with E-state index in [-0.39, 0.29) is 5.54 Å². The van der Waals surface area contributed by atoms with E-state index in [1.165, 1.54) is 38.5 Å². The Labute approximate surface area is 101 Å². The monoisotopic (exact) mass is 227 g/mol. The average Bonchev–Trinajstić information content (AvgIpc) is 2.29. The summed E-state index contributed by atoms with van der Waals surface area (Å²) in [6.07, 6.45) is 10.1. The van der Waals surface area contributed by atoms with Crippen molar-refractivity contribution < 1.29 is 4.74 Å². The predicted octanol–water partition coefficient (Wildman–Crippen LogP) is 3.49. The summed E-state index contributed by atoms with van der Waals surface area (Å²) in [5.74, 6) is 0.952. The third-order valence-corrected chi connectivity index (χ3v) is 3.97. The van der Waals surface area contributed by atoms with Crippen molar-refractivity contribution in [3.05, 3.63) is 0 Å². The Balaban J connectivity index is 2.16. The molecule has 2 nitrogen and oxygen atoms in total. The molecule has 0 saturated heterocycles. The number of ether oxygens (including phenoxy) is 1. The summed E-state index contributed by atoms with van der Waals surface area (Å²) < 4.78 is 5.37. The fourth-order valence-electron chi connectivity index (χ4n) is 2.87. The molecule has 0 spiro atoms. The predicted molar refractivity (Wildman–Crippen MR) is 69.5 cm³/mol. The molecule has 0 unspecified atom stereocenters. The van der Waals surface area contributed by atoms with E-state index < -0.39 is 0 Å². The highest BCUT2D eigenvalue weighted by atomic mass is 16.5. The summed E-state index contributed by atoms with van der Waals surface area (Å²) in [4.78, 5) is 0. The minimum Gasteiger partial charge on any atom is -0.382 e. The van der Waals surface area contributed by atoms with E-state index in [1.807, 2.05) is 6.92 Å². The molecule has 0 aromatic rings. The maximum absolute atomic E-state index is 6.44. The zero-order valence-corrected chi connectivity index (χ0v) is 11.1. The Bertz CT molecular complexity index is 168. The first-order chi connectivity index (χ1) is 7.70. The molecule has 0 heterocycles. The third kappa shape index (κ3) is 4.84. The SMILES string of the molecule is CCCC1CCC(N)(CCCOCC)CC1. The standard InChI is InChI=1S/C14H29NO/c1-3-6-13-7-10-14(15,11-8-13)9-5-12-16-4-2/h13H,3-12,15H2,1-2H3. The van der Waals surface area contributed by atoms with E-state index in [2.05, 4.69) is 6.92 Å². The normalized spacial score (nSPS) is 30.6. The Morgan fingerprint density at radius 3 is 2.50 bits per heavy atom. The van der Waals surface area contributed by atoms with Gasteiger partial charge in [-0.05, 0) is 51.4 Å². The molecule has 1 aliphatic carbocycles. The van der Waals surface area contributed by atoms with Gasteiger partial charge in [0, 0.05) is 18.8 Å². The average molecular weight is 227 g/mol. The van der Waals surface area contributed by atoms with Gasteiger partial charge in [-0.2, -0.15) is 0 Å². The molecular formula is C14H29NO. The molecule has 0 aromatic carbocycles. The number of nitrogens with two attached hydrogens (primary N) is 1. The maximum Gasteiger partial charge on any atom is 0.0466 e. The zero-order chi connectivity index (χ0) is 11.9. The quantitative estimate of drug-likeness (QED) is 0.676. The van der Waals surface area contributed by atoms with Crippen molar-refractivity contribution in [2.45, 2.75) is 70.8 Å². The topological polar surface area (TPSA) is 35.2 Å². The molecule has 0 amide bonds. The molecule has 0 bridgehead atoms. The van der Waals surface area contributed by atoms with Gasteiger partial charge in [-0.1, -0.05) is 19.8 Å². The van der Waals surface area contributed by atoms with Gasteiger partial charge in [-0.3, -0.25) is 0 Å². The van der Waals surface area contributed by atoms with Crippen LogP contribution in [-0.2, 0) is 4.74 Å². The molecule has 0 aliphatic heterocycles. The molecule has 1 saturated carbocycles. The number of rotatable bonds is 7. The molecule has 0 aromatic heterocycles. The minimum absolute atomic E-state index is 0.126. The summed E-state index contributed by atoms with van der Waals surface area (Å²) in [6, 6.07) is 0. The van der Waals surface area contributed by atoms with Crippen LogP contribution in [0, 0.1) is 5.92 Å². The van der Waals surface area contributed by atoms with Crippen LogP contribution >= 0.6 is 0 Å². The van der Waals surface area contributed by atoms with Crippen LogP contribution in [0.15, 0.2) is 0 Å². The largest absolute Gasteiger partial charge is 0.382 e. The molecule has 16 heavy (non-hydrogen) atoms. The molecule has 2 heteroatoms. The number of hydrogen-bond donors (Lipinski definition) is 1. The van der Waals surface area contributed by atoms with Crippen LogP contribution in [0.2, 0.25) is 0 Å². The fraction of sp³-hybridized carbons (Fsp3) is 1.00. The van der Waals surface area contributed by atoms with Crippen molar-refractivity contribution in [3.63, 3.8) is 0 Å². The first-order valence-corrected chi connectivity index (χ1v) is 7.07. The molecule has 2 N–H and O–H groups in total. The second-order valence-corrected chi connectivity index (χ2v) is 5.39. The number of hydrogen-bond acceptors (Lipinski definition) is 2. The lowest BCUT2D eigenvalue weighted by Crippen LogP contribution is -2.43. The van der Waals surface area contributed by atoms with Crippen LogP contribution in [0.4, 0.5) is 0 Å². The van der Waals surface area contributed by atoms with Crippen molar-refractivity contribution in [2.75, 3.05) is 13.2 Å². The highest BCUT2D eigenvalue weighted by Crippen LogP contribution is 2.35. The molecule has 1 fully saturated rings. The molecule has 0 atom stereocenters. The fourth-order valence-corrected chi connectivity index (χ4v) is 2.87. The lowest BCUT2D eigenvalue weighted by Gasteiger charge is -2.37. The van der Waals surface area contributed by atoms with Crippen molar-refractivity contribution in [2.24, 2.45) is 11.7 Å². The van der Waals surface area contributed by atoms with E-state index in [1.54, 1.807) is 0 Å². The molecule has 0 radical (unpaired) electrons. The van der Waals surface area contributed by atoms with Crippen LogP contribution in [0.1, 0.15) is 65.2 Å². The summed E-state index contributed by atoms with van der Waals surface area (Å²) in [6.45, 7) is 6.05. The zero-order valence-electron chi connectivity index (χ0n) is 11.1. The van der Waals surface area contributed by atoms with Crippen molar-refractivity contribution in [3.8, 4) is 0 Å². The van der Waals surface area contributed by atoms with Crippen LogP contribution < -0.4 is 5.73 Å². The van der Waals surface area contributed by atoms with Crippen LogP contribution in [0.3, 0.4) is 0 Å². The van der Waals surface area contributed by atoms with E-state index in [0.29, 0.717) is 0 Å². The van der Waals surface area contributed by atoms with E-state index in [9.17, 15) is 0 Å². The summed E-state index contributed by atoms with van der Waals surface area (Å²) in [5.41, 5.74) is 6.57. The Hall–Kier alpha value is -0.0800.